The molecule has 3 aromatic heterocycles. The second-order valence-corrected chi connectivity index (χ2v) is 10.1. The zero-order chi connectivity index (χ0) is 20.1. The largest absolute Gasteiger partial charge is 0.394 e. The van der Waals surface area contributed by atoms with Crippen LogP contribution in [-0.4, -0.2) is 44.6 Å². The minimum atomic E-state index is 0.139. The highest BCUT2D eigenvalue weighted by Gasteiger charge is 2.32. The second kappa shape index (κ2) is 7.61. The third-order valence-corrected chi connectivity index (χ3v) is 8.22. The van der Waals surface area contributed by atoms with Crippen molar-refractivity contribution in [1.29, 1.82) is 0 Å². The summed E-state index contributed by atoms with van der Waals surface area (Å²) in [4.78, 5) is 15.5. The van der Waals surface area contributed by atoms with Gasteiger partial charge in [0, 0.05) is 41.7 Å². The number of fused-ring (bicyclic) bond motifs is 3. The molecule has 1 N–H and O–H groups in total. The zero-order valence-corrected chi connectivity index (χ0v) is 18.2. The molecule has 2 aliphatic carbocycles. The lowest BCUT2D eigenvalue weighted by Gasteiger charge is -2.33. The number of rotatable bonds is 5. The fourth-order valence-corrected chi connectivity index (χ4v) is 6.53. The van der Waals surface area contributed by atoms with E-state index in [0.29, 0.717) is 18.4 Å². The lowest BCUT2D eigenvalue weighted by atomic mass is 9.92. The topological polar surface area (TPSA) is 67.1 Å². The summed E-state index contributed by atoms with van der Waals surface area (Å²) >= 11 is 1.93. The highest BCUT2D eigenvalue weighted by atomic mass is 32.1. The first kappa shape index (κ1) is 18.8. The molecule has 0 atom stereocenters. The lowest BCUT2D eigenvalue weighted by molar-refractivity contribution is 0.265. The maximum Gasteiger partial charge on any atom is 0.141 e. The maximum atomic E-state index is 9.32. The Kier molecular flexibility index (Phi) is 4.76. The molecule has 0 amide bonds. The van der Waals surface area contributed by atoms with E-state index in [-0.39, 0.29) is 6.61 Å². The summed E-state index contributed by atoms with van der Waals surface area (Å²) in [6.45, 7) is 2.77. The number of anilines is 1. The Labute approximate surface area is 181 Å². The number of hydrogen-bond donors (Lipinski definition) is 1. The average Bonchev–Trinajstić information content (AvgIpc) is 3.42. The van der Waals surface area contributed by atoms with Crippen LogP contribution in [0.15, 0.2) is 12.3 Å². The van der Waals surface area contributed by atoms with Crippen LogP contribution in [0.3, 0.4) is 0 Å². The quantitative estimate of drug-likeness (QED) is 0.671. The molecule has 1 aliphatic heterocycles. The van der Waals surface area contributed by atoms with E-state index in [1.807, 2.05) is 22.2 Å². The molecule has 30 heavy (non-hydrogen) atoms. The first-order valence-electron chi connectivity index (χ1n) is 11.5. The Hall–Kier alpha value is -1.99. The van der Waals surface area contributed by atoms with Crippen LogP contribution in [0.1, 0.15) is 72.3 Å². The fourth-order valence-electron chi connectivity index (χ4n) is 5.27. The monoisotopic (exact) mass is 423 g/mol. The SMILES string of the molecule is OCCn1nccc1C1CCN(c2nc(C3CC3)nc3sc4c(c23)CCCC4)CC1. The smallest absolute Gasteiger partial charge is 0.141 e. The van der Waals surface area contributed by atoms with E-state index in [0.717, 1.165) is 31.8 Å². The van der Waals surface area contributed by atoms with E-state index in [1.54, 1.807) is 10.4 Å². The molecular formula is C23H29N5OS. The summed E-state index contributed by atoms with van der Waals surface area (Å²) in [6.07, 6.45) is 11.6. The highest BCUT2D eigenvalue weighted by Crippen LogP contribution is 2.45. The van der Waals surface area contributed by atoms with E-state index in [4.69, 9.17) is 9.97 Å². The first-order valence-corrected chi connectivity index (χ1v) is 12.3. The molecule has 7 heteroatoms. The van der Waals surface area contributed by atoms with Crippen molar-refractivity contribution in [3.8, 4) is 0 Å². The van der Waals surface area contributed by atoms with E-state index >= 15 is 0 Å². The summed E-state index contributed by atoms with van der Waals surface area (Å²) in [5, 5.41) is 15.1. The Morgan fingerprint density at radius 3 is 2.67 bits per heavy atom. The van der Waals surface area contributed by atoms with Crippen molar-refractivity contribution in [2.24, 2.45) is 0 Å². The van der Waals surface area contributed by atoms with E-state index in [1.165, 1.54) is 60.3 Å². The molecule has 2 fully saturated rings. The molecule has 3 aromatic rings. The Morgan fingerprint density at radius 2 is 1.87 bits per heavy atom. The Balaban J connectivity index is 1.32. The minimum Gasteiger partial charge on any atom is -0.394 e. The van der Waals surface area contributed by atoms with Crippen LogP contribution in [0.4, 0.5) is 5.82 Å². The van der Waals surface area contributed by atoms with E-state index in [2.05, 4.69) is 16.1 Å². The predicted octanol–water partition coefficient (Wildman–Crippen LogP) is 4.02. The molecule has 0 spiro atoms. The number of thiophene rings is 1. The summed E-state index contributed by atoms with van der Waals surface area (Å²) in [5.41, 5.74) is 2.81. The van der Waals surface area contributed by atoms with Crippen LogP contribution < -0.4 is 4.90 Å². The number of aliphatic hydroxyl groups excluding tert-OH is 1. The van der Waals surface area contributed by atoms with Crippen LogP contribution >= 0.6 is 11.3 Å². The fraction of sp³-hybridized carbons (Fsp3) is 0.609. The Morgan fingerprint density at radius 1 is 1.03 bits per heavy atom. The third kappa shape index (κ3) is 3.23. The van der Waals surface area contributed by atoms with Gasteiger partial charge in [-0.3, -0.25) is 4.68 Å². The summed E-state index contributed by atoms with van der Waals surface area (Å²) in [6, 6.07) is 2.12. The second-order valence-electron chi connectivity index (χ2n) is 9.03. The summed E-state index contributed by atoms with van der Waals surface area (Å²) in [5.74, 6) is 3.38. The van der Waals surface area contributed by atoms with Gasteiger partial charge in [-0.1, -0.05) is 0 Å². The van der Waals surface area contributed by atoms with Crippen molar-refractivity contribution >= 4 is 27.4 Å². The molecular weight excluding hydrogens is 394 g/mol. The lowest BCUT2D eigenvalue weighted by Crippen LogP contribution is -2.34. The zero-order valence-electron chi connectivity index (χ0n) is 17.4. The van der Waals surface area contributed by atoms with Crippen molar-refractivity contribution in [2.45, 2.75) is 69.7 Å². The first-order chi connectivity index (χ1) is 14.8. The molecule has 0 bridgehead atoms. The molecule has 0 unspecified atom stereocenters. The minimum absolute atomic E-state index is 0.139. The molecule has 6 rings (SSSR count). The standard InChI is InChI=1S/C23H29N5OS/c29-14-13-28-18(7-10-24-28)15-8-11-27(12-9-15)22-20-17-3-1-2-4-19(17)30-23(20)26-21(25-22)16-5-6-16/h7,10,15-16,29H,1-6,8-9,11-14H2. The number of piperidine rings is 1. The maximum absolute atomic E-state index is 9.32. The van der Waals surface area contributed by atoms with Crippen LogP contribution in [-0.2, 0) is 19.4 Å². The van der Waals surface area contributed by atoms with Gasteiger partial charge in [0.1, 0.15) is 16.5 Å². The van der Waals surface area contributed by atoms with Gasteiger partial charge in [0.05, 0.1) is 18.5 Å². The van der Waals surface area contributed by atoms with Crippen LogP contribution in [0.5, 0.6) is 0 Å². The highest BCUT2D eigenvalue weighted by molar-refractivity contribution is 7.19. The van der Waals surface area contributed by atoms with Gasteiger partial charge in [-0.25, -0.2) is 9.97 Å². The molecule has 1 saturated heterocycles. The van der Waals surface area contributed by atoms with Gasteiger partial charge in [0.2, 0.25) is 0 Å². The van der Waals surface area contributed by atoms with Gasteiger partial charge in [0.15, 0.2) is 0 Å². The summed E-state index contributed by atoms with van der Waals surface area (Å²) in [7, 11) is 0. The number of aromatic nitrogens is 4. The molecule has 0 aromatic carbocycles. The summed E-state index contributed by atoms with van der Waals surface area (Å²) < 4.78 is 1.98. The van der Waals surface area contributed by atoms with Crippen LogP contribution in [0.25, 0.3) is 10.2 Å². The molecule has 3 aliphatic rings. The van der Waals surface area contributed by atoms with E-state index < -0.39 is 0 Å². The number of aryl methyl sites for hydroxylation is 2. The van der Waals surface area contributed by atoms with Gasteiger partial charge in [-0.05, 0) is 63.0 Å². The molecule has 0 radical (unpaired) electrons. The van der Waals surface area contributed by atoms with Crippen molar-refractivity contribution < 1.29 is 5.11 Å². The van der Waals surface area contributed by atoms with Crippen LogP contribution in [0.2, 0.25) is 0 Å². The van der Waals surface area contributed by atoms with Gasteiger partial charge < -0.3 is 10.0 Å². The molecule has 6 nitrogen and oxygen atoms in total. The van der Waals surface area contributed by atoms with Crippen molar-refractivity contribution in [3.63, 3.8) is 0 Å². The van der Waals surface area contributed by atoms with Crippen molar-refractivity contribution in [1.82, 2.24) is 19.7 Å². The molecule has 158 valence electrons. The Bertz CT molecular complexity index is 1060. The van der Waals surface area contributed by atoms with Crippen LogP contribution in [0, 0.1) is 0 Å². The van der Waals surface area contributed by atoms with Gasteiger partial charge >= 0.3 is 0 Å². The predicted molar refractivity (Wildman–Crippen MR) is 120 cm³/mol. The third-order valence-electron chi connectivity index (χ3n) is 7.03. The average molecular weight is 424 g/mol. The van der Waals surface area contributed by atoms with Crippen molar-refractivity contribution in [3.05, 3.63) is 34.2 Å². The molecule has 4 heterocycles. The number of hydrogen-bond acceptors (Lipinski definition) is 6. The number of nitrogens with zero attached hydrogens (tertiary/aromatic N) is 5. The molecule has 1 saturated carbocycles. The van der Waals surface area contributed by atoms with Gasteiger partial charge in [-0.15, -0.1) is 11.3 Å². The number of aliphatic hydroxyl groups is 1. The normalized spacial score (nSPS) is 20.1. The van der Waals surface area contributed by atoms with Crippen molar-refractivity contribution in [2.75, 3.05) is 24.6 Å². The van der Waals surface area contributed by atoms with E-state index in [9.17, 15) is 5.11 Å². The van der Waals surface area contributed by atoms with Gasteiger partial charge in [0.25, 0.3) is 0 Å². The van der Waals surface area contributed by atoms with Gasteiger partial charge in [-0.2, -0.15) is 5.10 Å².